The molecule has 1 aromatic carbocycles. The Kier molecular flexibility index (Phi) is 5.95. The predicted molar refractivity (Wildman–Crippen MR) is 96.1 cm³/mol. The molecule has 132 valence electrons. The highest BCUT2D eigenvalue weighted by atomic mass is 16.5. The van der Waals surface area contributed by atoms with Crippen molar-refractivity contribution in [2.24, 2.45) is 0 Å². The molecule has 1 amide bonds. The average molecular weight is 340 g/mol. The lowest BCUT2D eigenvalue weighted by atomic mass is 10.1. The zero-order valence-corrected chi connectivity index (χ0v) is 14.5. The Morgan fingerprint density at radius 2 is 1.96 bits per heavy atom. The summed E-state index contributed by atoms with van der Waals surface area (Å²) >= 11 is 0. The third-order valence-electron chi connectivity index (χ3n) is 4.20. The molecule has 2 atom stereocenters. The van der Waals surface area contributed by atoms with Gasteiger partial charge in [-0.25, -0.2) is 9.97 Å². The van der Waals surface area contributed by atoms with Gasteiger partial charge in [0.15, 0.2) is 0 Å². The van der Waals surface area contributed by atoms with Crippen LogP contribution in [-0.2, 0) is 9.53 Å². The molecule has 0 unspecified atom stereocenters. The number of aromatic nitrogens is 2. The van der Waals surface area contributed by atoms with Crippen LogP contribution in [-0.4, -0.2) is 46.5 Å². The van der Waals surface area contributed by atoms with Gasteiger partial charge in [0.1, 0.15) is 6.10 Å². The molecule has 6 heteroatoms. The van der Waals surface area contributed by atoms with Crippen molar-refractivity contribution in [3.63, 3.8) is 0 Å². The van der Waals surface area contributed by atoms with Gasteiger partial charge in [0.05, 0.1) is 12.6 Å². The summed E-state index contributed by atoms with van der Waals surface area (Å²) in [5.41, 5.74) is 1.12. The molecule has 3 rings (SSSR count). The number of ether oxygens (including phenoxy) is 1. The third-order valence-corrected chi connectivity index (χ3v) is 4.20. The molecular weight excluding hydrogens is 316 g/mol. The normalized spacial score (nSPS) is 20.3. The van der Waals surface area contributed by atoms with Gasteiger partial charge in [-0.05, 0) is 25.0 Å². The minimum atomic E-state index is -0.0512. The first kappa shape index (κ1) is 17.4. The van der Waals surface area contributed by atoms with Crippen LogP contribution in [0, 0.1) is 0 Å². The van der Waals surface area contributed by atoms with E-state index in [1.165, 1.54) is 0 Å². The van der Waals surface area contributed by atoms with Gasteiger partial charge >= 0.3 is 0 Å². The highest BCUT2D eigenvalue weighted by molar-refractivity contribution is 5.76. The van der Waals surface area contributed by atoms with E-state index in [0.717, 1.165) is 12.0 Å². The smallest absolute Gasteiger partial charge is 0.222 e. The zero-order valence-electron chi connectivity index (χ0n) is 14.5. The maximum atomic E-state index is 12.5. The molecule has 0 spiro atoms. The number of nitrogens with zero attached hydrogens (tertiary/aromatic N) is 3. The quantitative estimate of drug-likeness (QED) is 0.819. The van der Waals surface area contributed by atoms with Gasteiger partial charge in [-0.2, -0.15) is 0 Å². The number of carbonyl (C=O) groups is 1. The van der Waals surface area contributed by atoms with Gasteiger partial charge < -0.3 is 15.0 Å². The number of hydrogen-bond donors (Lipinski definition) is 1. The Balaban J connectivity index is 1.47. The molecule has 1 aliphatic rings. The highest BCUT2D eigenvalue weighted by Gasteiger charge is 2.28. The van der Waals surface area contributed by atoms with Crippen LogP contribution in [0.5, 0.6) is 0 Å². The largest absolute Gasteiger partial charge is 0.367 e. The van der Waals surface area contributed by atoms with E-state index in [1.54, 1.807) is 18.5 Å². The fourth-order valence-electron chi connectivity index (χ4n) is 3.00. The first-order valence-electron chi connectivity index (χ1n) is 8.71. The van der Waals surface area contributed by atoms with E-state index >= 15 is 0 Å². The van der Waals surface area contributed by atoms with Crippen LogP contribution in [0.25, 0.3) is 0 Å². The van der Waals surface area contributed by atoms with Gasteiger partial charge in [-0.15, -0.1) is 0 Å². The van der Waals surface area contributed by atoms with Crippen molar-refractivity contribution in [1.29, 1.82) is 0 Å². The standard InChI is InChI=1S/C19H24N4O2/c1-15-13-23(14-17(25-15)16-7-3-2-4-8-16)18(24)9-5-10-20-19-21-11-6-12-22-19/h2-4,6-8,11-12,15,17H,5,9-10,13-14H2,1H3,(H,20,21,22)/t15-,17+/m1/s1. The molecule has 1 aromatic heterocycles. The summed E-state index contributed by atoms with van der Waals surface area (Å²) in [6, 6.07) is 11.9. The number of carbonyl (C=O) groups excluding carboxylic acids is 1. The van der Waals surface area contributed by atoms with Crippen molar-refractivity contribution < 1.29 is 9.53 Å². The number of nitrogens with one attached hydrogen (secondary N) is 1. The SMILES string of the molecule is C[C@@H]1CN(C(=O)CCCNc2ncccn2)C[C@@H](c2ccccc2)O1. The van der Waals surface area contributed by atoms with E-state index in [-0.39, 0.29) is 18.1 Å². The highest BCUT2D eigenvalue weighted by Crippen LogP contribution is 2.25. The van der Waals surface area contributed by atoms with E-state index in [9.17, 15) is 4.79 Å². The lowest BCUT2D eigenvalue weighted by molar-refractivity contribution is -0.144. The summed E-state index contributed by atoms with van der Waals surface area (Å²) in [6.07, 6.45) is 4.63. The first-order chi connectivity index (χ1) is 12.2. The summed E-state index contributed by atoms with van der Waals surface area (Å²) < 4.78 is 6.01. The molecule has 0 bridgehead atoms. The van der Waals surface area contributed by atoms with Crippen molar-refractivity contribution in [1.82, 2.24) is 14.9 Å². The fourth-order valence-corrected chi connectivity index (χ4v) is 3.00. The van der Waals surface area contributed by atoms with Crippen molar-refractivity contribution in [3.8, 4) is 0 Å². The second kappa shape index (κ2) is 8.58. The molecule has 2 aromatic rings. The van der Waals surface area contributed by atoms with Gasteiger partial charge in [-0.3, -0.25) is 4.79 Å². The summed E-state index contributed by atoms with van der Waals surface area (Å²) in [7, 11) is 0. The number of anilines is 1. The van der Waals surface area contributed by atoms with Crippen molar-refractivity contribution in [3.05, 3.63) is 54.4 Å². The van der Waals surface area contributed by atoms with Crippen molar-refractivity contribution in [2.45, 2.75) is 32.0 Å². The molecular formula is C19H24N4O2. The molecule has 0 saturated carbocycles. The monoisotopic (exact) mass is 340 g/mol. The van der Waals surface area contributed by atoms with Crippen LogP contribution in [0.1, 0.15) is 31.4 Å². The van der Waals surface area contributed by atoms with Crippen LogP contribution in [0.2, 0.25) is 0 Å². The summed E-state index contributed by atoms with van der Waals surface area (Å²) in [5, 5.41) is 3.13. The van der Waals surface area contributed by atoms with Crippen LogP contribution in [0.3, 0.4) is 0 Å². The number of benzene rings is 1. The Labute approximate surface area is 148 Å². The van der Waals surface area contributed by atoms with E-state index in [1.807, 2.05) is 30.0 Å². The number of hydrogen-bond acceptors (Lipinski definition) is 5. The van der Waals surface area contributed by atoms with Gasteiger partial charge in [0, 0.05) is 31.9 Å². The van der Waals surface area contributed by atoms with Gasteiger partial charge in [0.25, 0.3) is 0 Å². The maximum absolute atomic E-state index is 12.5. The lowest BCUT2D eigenvalue weighted by Gasteiger charge is -2.37. The molecule has 2 heterocycles. The van der Waals surface area contributed by atoms with E-state index < -0.39 is 0 Å². The van der Waals surface area contributed by atoms with Crippen LogP contribution in [0.15, 0.2) is 48.8 Å². The van der Waals surface area contributed by atoms with E-state index in [4.69, 9.17) is 4.74 Å². The Morgan fingerprint density at radius 3 is 2.72 bits per heavy atom. The summed E-state index contributed by atoms with van der Waals surface area (Å²) in [6.45, 7) is 3.96. The third kappa shape index (κ3) is 5.00. The molecule has 1 saturated heterocycles. The molecule has 1 N–H and O–H groups in total. The molecule has 25 heavy (non-hydrogen) atoms. The molecule has 0 radical (unpaired) electrons. The van der Waals surface area contributed by atoms with Gasteiger partial charge in [0.2, 0.25) is 11.9 Å². The minimum Gasteiger partial charge on any atom is -0.367 e. The molecule has 6 nitrogen and oxygen atoms in total. The average Bonchev–Trinajstić information content (AvgIpc) is 2.66. The van der Waals surface area contributed by atoms with Crippen LogP contribution < -0.4 is 5.32 Å². The number of amides is 1. The Hall–Kier alpha value is -2.47. The van der Waals surface area contributed by atoms with Crippen LogP contribution in [0.4, 0.5) is 5.95 Å². The molecule has 1 aliphatic heterocycles. The molecule has 0 aliphatic carbocycles. The Morgan fingerprint density at radius 1 is 1.20 bits per heavy atom. The maximum Gasteiger partial charge on any atom is 0.222 e. The summed E-state index contributed by atoms with van der Waals surface area (Å²) in [5.74, 6) is 0.769. The predicted octanol–water partition coefficient (Wildman–Crippen LogP) is 2.66. The molecule has 1 fully saturated rings. The second-order valence-corrected chi connectivity index (χ2v) is 6.25. The zero-order chi connectivity index (χ0) is 17.5. The number of morpholine rings is 1. The van der Waals surface area contributed by atoms with E-state index in [0.29, 0.717) is 32.0 Å². The van der Waals surface area contributed by atoms with Crippen molar-refractivity contribution >= 4 is 11.9 Å². The van der Waals surface area contributed by atoms with Crippen molar-refractivity contribution in [2.75, 3.05) is 25.0 Å². The van der Waals surface area contributed by atoms with Gasteiger partial charge in [-0.1, -0.05) is 30.3 Å². The second-order valence-electron chi connectivity index (χ2n) is 6.25. The van der Waals surface area contributed by atoms with E-state index in [2.05, 4.69) is 27.4 Å². The topological polar surface area (TPSA) is 67.4 Å². The Bertz CT molecular complexity index is 666. The number of rotatable bonds is 6. The van der Waals surface area contributed by atoms with Crippen LogP contribution >= 0.6 is 0 Å². The first-order valence-corrected chi connectivity index (χ1v) is 8.71. The fraction of sp³-hybridized carbons (Fsp3) is 0.421. The lowest BCUT2D eigenvalue weighted by Crippen LogP contribution is -2.46. The minimum absolute atomic E-state index is 0.0405. The summed E-state index contributed by atoms with van der Waals surface area (Å²) in [4.78, 5) is 22.7.